The molecular formula is C62H54Cl2O2SiZr-4. The maximum absolute atomic E-state index is 5.90. The minimum absolute atomic E-state index is 0. The second kappa shape index (κ2) is 21.3. The first-order valence-electron chi connectivity index (χ1n) is 21.8. The molecule has 0 bridgehead atoms. The topological polar surface area (TPSA) is 26.3 Å². The molecule has 0 unspecified atom stereocenters. The number of fused-ring (bicyclic) bond motifs is 8. The van der Waals surface area contributed by atoms with E-state index in [1.807, 2.05) is 26.0 Å². The molecule has 0 aliphatic heterocycles. The molecule has 0 aliphatic carbocycles. The fraction of sp³-hybridized carbons (Fsp3) is 0.0968. The van der Waals surface area contributed by atoms with Crippen LogP contribution in [-0.4, -0.2) is 6.88 Å². The van der Waals surface area contributed by atoms with Gasteiger partial charge in [0.15, 0.2) is 0 Å². The van der Waals surface area contributed by atoms with Crippen LogP contribution in [0.25, 0.3) is 110 Å². The molecule has 0 fully saturated rings. The zero-order valence-electron chi connectivity index (χ0n) is 39.8. The summed E-state index contributed by atoms with van der Waals surface area (Å²) in [6, 6.07) is 61.7. The van der Waals surface area contributed by atoms with Gasteiger partial charge in [-0.3, -0.25) is 0 Å². The summed E-state index contributed by atoms with van der Waals surface area (Å²) in [4.78, 5) is 0. The second-order valence-corrected chi connectivity index (χ2v) is 17.1. The fourth-order valence-corrected chi connectivity index (χ4v) is 9.75. The van der Waals surface area contributed by atoms with E-state index >= 15 is 0 Å². The minimum atomic E-state index is 0. The average molecular weight is 1020 g/mol. The molecule has 2 radical (unpaired) electrons. The molecule has 0 saturated heterocycles. The van der Waals surface area contributed by atoms with Crippen molar-refractivity contribution in [1.82, 2.24) is 0 Å². The van der Waals surface area contributed by atoms with E-state index in [4.69, 9.17) is 8.83 Å². The Morgan fingerprint density at radius 1 is 0.382 bits per heavy atom. The first-order valence-corrected chi connectivity index (χ1v) is 26.0. The SMILES string of the molecule is Cc1ccc(-c2cc3c(-c4ccc5c(ccc6ccccc65)c4)c(C)c(C)cc3[cH-]2)o1.Cc1ccc(-c2cc3c(-c4ccc5c(ccc6ccccc65)c4)c(C)c(C)cc3[cH-]2)o1.Cl.Cl.[CH3-].[CH3-].[Si]=[Zr]. The van der Waals surface area contributed by atoms with Gasteiger partial charge in [-0.2, -0.15) is 0 Å². The predicted octanol–water partition coefficient (Wildman–Crippen LogP) is 18.8. The monoisotopic (exact) mass is 1020 g/mol. The molecule has 2 heterocycles. The average Bonchev–Trinajstić information content (AvgIpc) is 4.15. The van der Waals surface area contributed by atoms with Crippen LogP contribution in [0, 0.1) is 56.4 Å². The van der Waals surface area contributed by atoms with Crippen LogP contribution in [0.1, 0.15) is 33.8 Å². The molecular weight excluding hydrogens is 967 g/mol. The molecule has 10 aromatic carbocycles. The van der Waals surface area contributed by atoms with E-state index in [-0.39, 0.29) is 39.7 Å². The van der Waals surface area contributed by atoms with Crippen molar-refractivity contribution >= 4 is 96.3 Å². The van der Waals surface area contributed by atoms with E-state index in [9.17, 15) is 0 Å². The van der Waals surface area contributed by atoms with E-state index < -0.39 is 0 Å². The molecule has 12 rings (SSSR count). The summed E-state index contributed by atoms with van der Waals surface area (Å²) in [6.07, 6.45) is 0. The molecule has 68 heavy (non-hydrogen) atoms. The summed E-state index contributed by atoms with van der Waals surface area (Å²) in [7, 11) is 0. The van der Waals surface area contributed by atoms with Gasteiger partial charge in [0.2, 0.25) is 0 Å². The Hall–Kier alpha value is -5.74. The van der Waals surface area contributed by atoms with Crippen LogP contribution >= 0.6 is 24.8 Å². The van der Waals surface area contributed by atoms with Crippen LogP contribution in [-0.2, 0) is 23.3 Å². The van der Waals surface area contributed by atoms with Crippen molar-refractivity contribution < 1.29 is 32.2 Å². The van der Waals surface area contributed by atoms with Gasteiger partial charge in [-0.25, -0.2) is 0 Å². The molecule has 0 saturated carbocycles. The number of aryl methyl sites for hydroxylation is 4. The Balaban J connectivity index is 0.000000205. The van der Waals surface area contributed by atoms with Gasteiger partial charge < -0.3 is 23.7 Å². The molecule has 0 N–H and O–H groups in total. The summed E-state index contributed by atoms with van der Waals surface area (Å²) in [5, 5.41) is 15.4. The summed E-state index contributed by atoms with van der Waals surface area (Å²) >= 11 is 1.36. The Labute approximate surface area is 430 Å². The van der Waals surface area contributed by atoms with Crippen molar-refractivity contribution in [3.05, 3.63) is 218 Å². The van der Waals surface area contributed by atoms with Gasteiger partial charge in [0.05, 0.1) is 23.0 Å². The molecule has 12 aromatic rings. The van der Waals surface area contributed by atoms with E-state index in [1.165, 1.54) is 132 Å². The van der Waals surface area contributed by atoms with Gasteiger partial charge in [-0.1, -0.05) is 130 Å². The van der Waals surface area contributed by atoms with Gasteiger partial charge >= 0.3 is 30.2 Å². The summed E-state index contributed by atoms with van der Waals surface area (Å²) < 4.78 is 11.8. The Morgan fingerprint density at radius 3 is 1.13 bits per heavy atom. The number of halogens is 2. The zero-order chi connectivity index (χ0) is 44.2. The normalized spacial score (nSPS) is 10.7. The predicted molar refractivity (Wildman–Crippen MR) is 297 cm³/mol. The summed E-state index contributed by atoms with van der Waals surface area (Å²) in [6.45, 7) is 15.9. The second-order valence-electron chi connectivity index (χ2n) is 17.1. The van der Waals surface area contributed by atoms with Gasteiger partial charge in [-0.15, -0.1) is 82.8 Å². The number of benzene rings is 8. The Kier molecular flexibility index (Phi) is 16.2. The number of rotatable bonds is 4. The molecule has 0 amide bonds. The van der Waals surface area contributed by atoms with Crippen LogP contribution in [0.4, 0.5) is 0 Å². The van der Waals surface area contributed by atoms with Crippen LogP contribution in [0.2, 0.25) is 0 Å². The van der Waals surface area contributed by atoms with Crippen LogP contribution in [0.5, 0.6) is 0 Å². The molecule has 340 valence electrons. The van der Waals surface area contributed by atoms with E-state index in [0.29, 0.717) is 0 Å². The van der Waals surface area contributed by atoms with Crippen molar-refractivity contribution in [1.29, 1.82) is 0 Å². The van der Waals surface area contributed by atoms with E-state index in [0.717, 1.165) is 34.2 Å². The molecule has 0 spiro atoms. The molecule has 6 heteroatoms. The van der Waals surface area contributed by atoms with Crippen molar-refractivity contribution in [2.24, 2.45) is 0 Å². The van der Waals surface area contributed by atoms with Gasteiger partial charge in [0, 0.05) is 0 Å². The van der Waals surface area contributed by atoms with Gasteiger partial charge in [0.1, 0.15) is 0 Å². The third-order valence-electron chi connectivity index (χ3n) is 13.2. The number of hydrogen-bond donors (Lipinski definition) is 0. The summed E-state index contributed by atoms with van der Waals surface area (Å²) in [5.41, 5.74) is 12.7. The van der Waals surface area contributed by atoms with E-state index in [2.05, 4.69) is 192 Å². The fourth-order valence-electron chi connectivity index (χ4n) is 9.75. The molecule has 0 aliphatic rings. The zero-order valence-corrected chi connectivity index (χ0v) is 44.9. The molecule has 2 aromatic heterocycles. The third-order valence-corrected chi connectivity index (χ3v) is 13.2. The van der Waals surface area contributed by atoms with Crippen molar-refractivity contribution in [3.8, 4) is 44.9 Å². The van der Waals surface area contributed by atoms with E-state index in [1.54, 1.807) is 0 Å². The van der Waals surface area contributed by atoms with Crippen molar-refractivity contribution in [2.45, 2.75) is 41.5 Å². The standard InChI is InChI=1S/2C30H23O.2CH3.2ClH.Si.Zr/c2*1-18-14-24-16-25(29-13-8-19(2)31-29)17-28(24)30(20(18)3)23-11-12-27-22(15-23)10-9-21-6-4-5-7-26(21)27;;;;;;/h2*4-17H,1-3H3;2*1H3;2*1H;;/q4*-1;;;;. The molecule has 2 nitrogen and oxygen atoms in total. The quantitative estimate of drug-likeness (QED) is 0.0998. The number of hydrogen-bond acceptors (Lipinski definition) is 2. The molecule has 0 atom stereocenters. The number of furan rings is 2. The van der Waals surface area contributed by atoms with Crippen LogP contribution < -0.4 is 0 Å². The van der Waals surface area contributed by atoms with Gasteiger partial charge in [0.25, 0.3) is 0 Å². The van der Waals surface area contributed by atoms with Gasteiger partial charge in [-0.05, 0) is 143 Å². The van der Waals surface area contributed by atoms with Crippen LogP contribution in [0.15, 0.2) is 179 Å². The van der Waals surface area contributed by atoms with Crippen LogP contribution in [0.3, 0.4) is 0 Å². The summed E-state index contributed by atoms with van der Waals surface area (Å²) in [5.74, 6) is 3.74. The van der Waals surface area contributed by atoms with Crippen molar-refractivity contribution in [2.75, 3.05) is 0 Å². The maximum atomic E-state index is 5.90. The van der Waals surface area contributed by atoms with Crippen molar-refractivity contribution in [3.63, 3.8) is 0 Å². The third kappa shape index (κ3) is 9.37. The first-order chi connectivity index (χ1) is 31.2. The Bertz CT molecular complexity index is 3510. The first kappa shape index (κ1) is 51.6. The Morgan fingerprint density at radius 2 is 0.750 bits per heavy atom.